The minimum atomic E-state index is 0. The summed E-state index contributed by atoms with van der Waals surface area (Å²) in [5.41, 5.74) is 0.925. The normalized spacial score (nSPS) is 18.7. The number of piperazine rings is 1. The van der Waals surface area contributed by atoms with Gasteiger partial charge < -0.3 is 20.2 Å². The fraction of sp³-hybridized carbons (Fsp3) is 0.522. The highest BCUT2D eigenvalue weighted by molar-refractivity contribution is 14.0. The van der Waals surface area contributed by atoms with Crippen LogP contribution in [0.15, 0.2) is 46.8 Å². The second kappa shape index (κ2) is 11.9. The molecular formula is C23H34IN5OS. The first-order valence-electron chi connectivity index (χ1n) is 11.0. The number of rotatable bonds is 5. The highest BCUT2D eigenvalue weighted by Gasteiger charge is 2.23. The molecule has 3 heterocycles. The molecule has 0 radical (unpaired) electrons. The number of anilines is 1. The van der Waals surface area contributed by atoms with Crippen molar-refractivity contribution < 1.29 is 5.11 Å². The molecule has 1 aromatic carbocycles. The summed E-state index contributed by atoms with van der Waals surface area (Å²) in [4.78, 5) is 13.2. The molecule has 170 valence electrons. The van der Waals surface area contributed by atoms with Gasteiger partial charge in [0.1, 0.15) is 5.75 Å². The molecule has 8 heteroatoms. The number of phenols is 1. The van der Waals surface area contributed by atoms with Gasteiger partial charge in [-0.25, -0.2) is 0 Å². The Morgan fingerprint density at radius 3 is 2.45 bits per heavy atom. The van der Waals surface area contributed by atoms with Gasteiger partial charge in [0.2, 0.25) is 0 Å². The van der Waals surface area contributed by atoms with Crippen LogP contribution < -0.4 is 10.2 Å². The summed E-state index contributed by atoms with van der Waals surface area (Å²) in [5.74, 6) is 2.08. The van der Waals surface area contributed by atoms with E-state index in [9.17, 15) is 5.11 Å². The van der Waals surface area contributed by atoms with Gasteiger partial charge in [-0.15, -0.1) is 35.3 Å². The first-order valence-corrected chi connectivity index (χ1v) is 11.8. The lowest BCUT2D eigenvalue weighted by molar-refractivity contribution is 0.178. The van der Waals surface area contributed by atoms with Crippen molar-refractivity contribution in [3.63, 3.8) is 0 Å². The highest BCUT2D eigenvalue weighted by Crippen LogP contribution is 2.27. The number of likely N-dealkylation sites (tertiary alicyclic amines) is 1. The van der Waals surface area contributed by atoms with E-state index in [2.05, 4.69) is 42.5 Å². The summed E-state index contributed by atoms with van der Waals surface area (Å²) >= 11 is 1.86. The second-order valence-electron chi connectivity index (χ2n) is 8.19. The minimum absolute atomic E-state index is 0. The van der Waals surface area contributed by atoms with Gasteiger partial charge in [0.05, 0.1) is 5.69 Å². The number of aliphatic imine (C=N–C) groups is 1. The summed E-state index contributed by atoms with van der Waals surface area (Å²) in [6, 6.07) is 12.0. The number of guanidine groups is 1. The third kappa shape index (κ3) is 6.49. The maximum Gasteiger partial charge on any atom is 0.193 e. The Kier molecular flexibility index (Phi) is 9.28. The molecule has 0 amide bonds. The predicted molar refractivity (Wildman–Crippen MR) is 141 cm³/mol. The Balaban J connectivity index is 0.00000272. The van der Waals surface area contributed by atoms with Gasteiger partial charge in [0.25, 0.3) is 0 Å². The summed E-state index contributed by atoms with van der Waals surface area (Å²) in [7, 11) is 1.88. The molecule has 2 aromatic rings. The van der Waals surface area contributed by atoms with Crippen molar-refractivity contribution in [2.75, 3.05) is 57.8 Å². The molecule has 2 aliphatic rings. The van der Waals surface area contributed by atoms with Crippen LogP contribution >= 0.6 is 35.3 Å². The smallest absolute Gasteiger partial charge is 0.193 e. The highest BCUT2D eigenvalue weighted by atomic mass is 127. The van der Waals surface area contributed by atoms with Crippen LogP contribution in [0.2, 0.25) is 0 Å². The monoisotopic (exact) mass is 555 g/mol. The number of para-hydroxylation sites is 2. The maximum atomic E-state index is 10.1. The van der Waals surface area contributed by atoms with Gasteiger partial charge in [-0.05, 0) is 55.4 Å². The Morgan fingerprint density at radius 2 is 1.81 bits per heavy atom. The van der Waals surface area contributed by atoms with Gasteiger partial charge >= 0.3 is 0 Å². The minimum Gasteiger partial charge on any atom is -0.506 e. The predicted octanol–water partition coefficient (Wildman–Crippen LogP) is 3.68. The van der Waals surface area contributed by atoms with E-state index in [1.807, 2.05) is 36.6 Å². The number of phenolic OH excluding ortho intramolecular Hbond substituents is 1. The molecule has 2 N–H and O–H groups in total. The van der Waals surface area contributed by atoms with E-state index < -0.39 is 0 Å². The van der Waals surface area contributed by atoms with E-state index in [4.69, 9.17) is 0 Å². The molecule has 31 heavy (non-hydrogen) atoms. The number of thiophene rings is 1. The number of nitrogens with one attached hydrogen (secondary N) is 1. The van der Waals surface area contributed by atoms with Gasteiger partial charge in [-0.3, -0.25) is 9.89 Å². The summed E-state index contributed by atoms with van der Waals surface area (Å²) < 4.78 is 0. The first-order chi connectivity index (χ1) is 14.7. The van der Waals surface area contributed by atoms with Crippen LogP contribution in [0.1, 0.15) is 17.7 Å². The molecule has 1 aromatic heterocycles. The summed E-state index contributed by atoms with van der Waals surface area (Å²) in [5, 5.41) is 15.9. The number of nitrogens with zero attached hydrogens (tertiary/aromatic N) is 4. The van der Waals surface area contributed by atoms with Gasteiger partial charge in [0.15, 0.2) is 5.96 Å². The Hall–Kier alpha value is -1.52. The second-order valence-corrected chi connectivity index (χ2v) is 9.22. The molecule has 0 saturated carbocycles. The molecular weight excluding hydrogens is 521 g/mol. The van der Waals surface area contributed by atoms with Gasteiger partial charge in [-0.1, -0.05) is 18.2 Å². The van der Waals surface area contributed by atoms with Gasteiger partial charge in [-0.2, -0.15) is 0 Å². The molecule has 2 aliphatic heterocycles. The van der Waals surface area contributed by atoms with Crippen molar-refractivity contribution in [1.82, 2.24) is 15.1 Å². The lowest BCUT2D eigenvalue weighted by atomic mass is 9.97. The van der Waals surface area contributed by atoms with Crippen LogP contribution in [0.5, 0.6) is 5.75 Å². The average molecular weight is 556 g/mol. The third-order valence-corrected chi connectivity index (χ3v) is 7.09. The molecule has 0 aliphatic carbocycles. The number of hydrogen-bond donors (Lipinski definition) is 2. The number of benzene rings is 1. The molecule has 6 nitrogen and oxygen atoms in total. The van der Waals surface area contributed by atoms with Crippen molar-refractivity contribution in [2.24, 2.45) is 10.9 Å². The van der Waals surface area contributed by atoms with Crippen LogP contribution in [-0.4, -0.2) is 73.7 Å². The largest absolute Gasteiger partial charge is 0.506 e. The van der Waals surface area contributed by atoms with E-state index in [0.29, 0.717) is 11.7 Å². The van der Waals surface area contributed by atoms with Crippen molar-refractivity contribution in [2.45, 2.75) is 19.4 Å². The van der Waals surface area contributed by atoms with Crippen LogP contribution in [0, 0.1) is 5.92 Å². The zero-order valence-corrected chi connectivity index (χ0v) is 21.4. The quantitative estimate of drug-likeness (QED) is 0.335. The zero-order valence-electron chi connectivity index (χ0n) is 18.2. The maximum absolute atomic E-state index is 10.1. The molecule has 0 bridgehead atoms. The number of halogens is 1. The topological polar surface area (TPSA) is 54.3 Å². The Bertz CT molecular complexity index is 815. The van der Waals surface area contributed by atoms with Crippen LogP contribution in [0.25, 0.3) is 0 Å². The summed E-state index contributed by atoms with van der Waals surface area (Å²) in [6.45, 7) is 8.06. The van der Waals surface area contributed by atoms with Crippen LogP contribution in [0.4, 0.5) is 5.69 Å². The third-order valence-electron chi connectivity index (χ3n) is 6.23. The van der Waals surface area contributed by atoms with Crippen molar-refractivity contribution in [3.05, 3.63) is 46.7 Å². The number of hydrogen-bond acceptors (Lipinski definition) is 5. The number of piperidine rings is 1. The van der Waals surface area contributed by atoms with Gasteiger partial charge in [0, 0.05) is 51.2 Å². The van der Waals surface area contributed by atoms with E-state index >= 15 is 0 Å². The van der Waals surface area contributed by atoms with Crippen molar-refractivity contribution >= 4 is 47.0 Å². The fourth-order valence-corrected chi connectivity index (χ4v) is 5.18. The van der Waals surface area contributed by atoms with Crippen molar-refractivity contribution in [3.8, 4) is 5.75 Å². The summed E-state index contributed by atoms with van der Waals surface area (Å²) in [6.07, 6.45) is 2.49. The van der Waals surface area contributed by atoms with Crippen LogP contribution in [0.3, 0.4) is 0 Å². The Morgan fingerprint density at radius 1 is 1.06 bits per heavy atom. The standard InChI is InChI=1S/C23H33N5OS.HI/c1-24-23(28-14-12-27(13-15-28)21-6-2-3-7-22(21)29)25-17-19-8-10-26(11-9-19)18-20-5-4-16-30-20;/h2-7,16,19,29H,8-15,17-18H2,1H3,(H,24,25);1H. The van der Waals surface area contributed by atoms with Crippen LogP contribution in [-0.2, 0) is 6.54 Å². The lowest BCUT2D eigenvalue weighted by Crippen LogP contribution is -2.53. The average Bonchev–Trinajstić information content (AvgIpc) is 3.29. The van der Waals surface area contributed by atoms with E-state index in [1.54, 1.807) is 6.07 Å². The van der Waals surface area contributed by atoms with E-state index in [-0.39, 0.29) is 24.0 Å². The van der Waals surface area contributed by atoms with E-state index in [1.165, 1.54) is 30.8 Å². The molecule has 0 spiro atoms. The fourth-order valence-electron chi connectivity index (χ4n) is 4.43. The zero-order chi connectivity index (χ0) is 20.8. The number of aromatic hydroxyl groups is 1. The molecule has 2 saturated heterocycles. The lowest BCUT2D eigenvalue weighted by Gasteiger charge is -2.38. The van der Waals surface area contributed by atoms with Crippen molar-refractivity contribution in [1.29, 1.82) is 0 Å². The first kappa shape index (κ1) is 24.1. The molecule has 0 atom stereocenters. The molecule has 2 fully saturated rings. The van der Waals surface area contributed by atoms with E-state index in [0.717, 1.165) is 50.9 Å². The Labute approximate surface area is 207 Å². The molecule has 0 unspecified atom stereocenters. The molecule has 4 rings (SSSR count). The SMILES string of the molecule is CN=C(NCC1CCN(Cc2cccs2)CC1)N1CCN(c2ccccc2O)CC1.I.